The predicted molar refractivity (Wildman–Crippen MR) is 144 cm³/mol. The van der Waals surface area contributed by atoms with Crippen LogP contribution in [0, 0.1) is 0 Å². The molecule has 1 aliphatic rings. The molecule has 4 heterocycles. The summed E-state index contributed by atoms with van der Waals surface area (Å²) in [6.07, 6.45) is 4.68. The second-order valence-electron chi connectivity index (χ2n) is 9.29. The third-order valence-electron chi connectivity index (χ3n) is 5.71. The van der Waals surface area contributed by atoms with E-state index in [2.05, 4.69) is 25.8 Å². The average Bonchev–Trinajstić information content (AvgIpc) is 3.45. The Morgan fingerprint density at radius 2 is 1.86 bits per heavy atom. The van der Waals surface area contributed by atoms with Crippen LogP contribution in [0.15, 0.2) is 81.2 Å². The molecule has 1 saturated heterocycles. The fraction of sp³-hybridized carbons (Fsp3) is 0.185. The lowest BCUT2D eigenvalue weighted by atomic mass is 9.87. The summed E-state index contributed by atoms with van der Waals surface area (Å²) < 4.78 is 13.3. The number of pyridine rings is 1. The molecule has 0 saturated carbocycles. The molecule has 0 N–H and O–H groups in total. The van der Waals surface area contributed by atoms with Gasteiger partial charge in [0, 0.05) is 6.20 Å². The molecule has 9 heteroatoms. The van der Waals surface area contributed by atoms with Gasteiger partial charge >= 0.3 is 0 Å². The molecule has 0 spiro atoms. The molecule has 7 nitrogen and oxygen atoms in total. The lowest BCUT2D eigenvalue weighted by Gasteiger charge is -2.19. The Morgan fingerprint density at radius 1 is 1.08 bits per heavy atom. The van der Waals surface area contributed by atoms with Gasteiger partial charge in [-0.3, -0.25) is 18.9 Å². The molecule has 0 aliphatic carbocycles. The molecule has 1 fully saturated rings. The van der Waals surface area contributed by atoms with Gasteiger partial charge in [0.2, 0.25) is 5.88 Å². The van der Waals surface area contributed by atoms with Crippen LogP contribution in [-0.2, 0) is 16.8 Å². The number of carbonyl (C=O) groups is 1. The number of thiocarbonyl (C=S) groups is 1. The molecule has 0 radical (unpaired) electrons. The van der Waals surface area contributed by atoms with Gasteiger partial charge in [0.1, 0.15) is 27.0 Å². The largest absolute Gasteiger partial charge is 0.467 e. The quantitative estimate of drug-likeness (QED) is 0.245. The van der Waals surface area contributed by atoms with Gasteiger partial charge in [-0.05, 0) is 53.5 Å². The van der Waals surface area contributed by atoms with E-state index in [1.807, 2.05) is 24.3 Å². The van der Waals surface area contributed by atoms with E-state index in [1.54, 1.807) is 42.8 Å². The lowest BCUT2D eigenvalue weighted by molar-refractivity contribution is -0.122. The van der Waals surface area contributed by atoms with Crippen molar-refractivity contribution in [3.8, 4) is 11.6 Å². The first-order valence-electron chi connectivity index (χ1n) is 11.3. The third-order valence-corrected chi connectivity index (χ3v) is 7.09. The van der Waals surface area contributed by atoms with Gasteiger partial charge < -0.3 is 9.15 Å². The van der Waals surface area contributed by atoms with Crippen molar-refractivity contribution in [1.29, 1.82) is 0 Å². The van der Waals surface area contributed by atoms with Gasteiger partial charge in [0.15, 0.2) is 0 Å². The molecule has 0 unspecified atom stereocenters. The topological polar surface area (TPSA) is 77.1 Å². The molecule has 182 valence electrons. The minimum atomic E-state index is -0.349. The molecule has 1 aromatic carbocycles. The maximum Gasteiger partial charge on any atom is 0.269 e. The summed E-state index contributed by atoms with van der Waals surface area (Å²) in [5.41, 5.74) is 1.40. The van der Waals surface area contributed by atoms with Crippen LogP contribution in [0.3, 0.4) is 0 Å². The maximum atomic E-state index is 13.5. The molecule has 0 atom stereocenters. The molecular weight excluding hydrogens is 494 g/mol. The van der Waals surface area contributed by atoms with E-state index >= 15 is 0 Å². The second-order valence-corrected chi connectivity index (χ2v) is 11.0. The molecule has 3 aromatic heterocycles. The number of furan rings is 1. The van der Waals surface area contributed by atoms with Crippen LogP contribution in [0.5, 0.6) is 11.6 Å². The number of aromatic nitrogens is 2. The Balaban J connectivity index is 1.55. The van der Waals surface area contributed by atoms with E-state index in [9.17, 15) is 9.59 Å². The molecular formula is C27H23N3O4S2. The smallest absolute Gasteiger partial charge is 0.269 e. The maximum absolute atomic E-state index is 13.5. The highest BCUT2D eigenvalue weighted by atomic mass is 32.2. The van der Waals surface area contributed by atoms with Crippen LogP contribution in [0.2, 0.25) is 0 Å². The van der Waals surface area contributed by atoms with Gasteiger partial charge in [0.25, 0.3) is 11.5 Å². The predicted octanol–water partition coefficient (Wildman–Crippen LogP) is 5.78. The first-order chi connectivity index (χ1) is 17.2. The summed E-state index contributed by atoms with van der Waals surface area (Å²) in [7, 11) is 0. The summed E-state index contributed by atoms with van der Waals surface area (Å²) in [4.78, 5) is 33.0. The lowest BCUT2D eigenvalue weighted by Crippen LogP contribution is -2.27. The Kier molecular flexibility index (Phi) is 6.27. The highest BCUT2D eigenvalue weighted by Crippen LogP contribution is 2.35. The van der Waals surface area contributed by atoms with Crippen molar-refractivity contribution < 1.29 is 13.9 Å². The van der Waals surface area contributed by atoms with Crippen LogP contribution in [0.4, 0.5) is 0 Å². The van der Waals surface area contributed by atoms with E-state index in [4.69, 9.17) is 21.4 Å². The molecule has 36 heavy (non-hydrogen) atoms. The number of rotatable bonds is 5. The standard InChI is InChI=1S/C27H23N3O4S2/c1-27(2,3)17-9-11-18(12-10-17)34-23-20(24(31)29-13-5-4-8-22(29)28-23)15-21-25(32)30(26(35)36-21)16-19-7-6-14-33-19/h4-15H,16H2,1-3H3. The van der Waals surface area contributed by atoms with Crippen molar-refractivity contribution in [2.24, 2.45) is 0 Å². The summed E-state index contributed by atoms with van der Waals surface area (Å²) >= 11 is 6.56. The first kappa shape index (κ1) is 24.0. The number of benzene rings is 1. The van der Waals surface area contributed by atoms with Gasteiger partial charge in [-0.25, -0.2) is 0 Å². The van der Waals surface area contributed by atoms with Gasteiger partial charge in [-0.15, -0.1) is 0 Å². The van der Waals surface area contributed by atoms with Crippen LogP contribution < -0.4 is 10.3 Å². The van der Waals surface area contributed by atoms with Gasteiger partial charge in [-0.1, -0.05) is 63.0 Å². The number of fused-ring (bicyclic) bond motifs is 1. The van der Waals surface area contributed by atoms with E-state index in [0.29, 0.717) is 26.4 Å². The van der Waals surface area contributed by atoms with Gasteiger partial charge in [0.05, 0.1) is 17.7 Å². The number of thioether (sulfide) groups is 1. The number of hydrogen-bond acceptors (Lipinski definition) is 7. The normalized spacial score (nSPS) is 15.3. The Labute approximate surface area is 217 Å². The number of ether oxygens (including phenoxy) is 1. The molecule has 1 amide bonds. The van der Waals surface area contributed by atoms with Crippen molar-refractivity contribution in [1.82, 2.24) is 14.3 Å². The third kappa shape index (κ3) is 4.72. The summed E-state index contributed by atoms with van der Waals surface area (Å²) in [5, 5.41) is 0. The SMILES string of the molecule is CC(C)(C)c1ccc(Oc2nc3ccccn3c(=O)c2C=C2SC(=S)N(Cc3ccco3)C2=O)cc1. The molecule has 0 bridgehead atoms. The fourth-order valence-electron chi connectivity index (χ4n) is 3.74. The molecule has 4 aromatic rings. The zero-order chi connectivity index (χ0) is 25.4. The van der Waals surface area contributed by atoms with Crippen LogP contribution in [0.1, 0.15) is 37.7 Å². The van der Waals surface area contributed by atoms with Crippen molar-refractivity contribution >= 4 is 45.9 Å². The second kappa shape index (κ2) is 9.40. The monoisotopic (exact) mass is 517 g/mol. The van der Waals surface area contributed by atoms with Gasteiger partial charge in [-0.2, -0.15) is 4.98 Å². The summed E-state index contributed by atoms with van der Waals surface area (Å²) in [6.45, 7) is 6.62. The molecule has 5 rings (SSSR count). The first-order valence-corrected chi connectivity index (χ1v) is 12.5. The Hall–Kier alpha value is -3.69. The molecule has 1 aliphatic heterocycles. The van der Waals surface area contributed by atoms with Crippen molar-refractivity contribution in [2.75, 3.05) is 0 Å². The van der Waals surface area contributed by atoms with Crippen LogP contribution in [0.25, 0.3) is 11.7 Å². The fourth-order valence-corrected chi connectivity index (χ4v) is 4.98. The van der Waals surface area contributed by atoms with Crippen LogP contribution >= 0.6 is 24.0 Å². The highest BCUT2D eigenvalue weighted by Gasteiger charge is 2.33. The Morgan fingerprint density at radius 3 is 2.56 bits per heavy atom. The summed E-state index contributed by atoms with van der Waals surface area (Å²) in [6, 6.07) is 16.5. The van der Waals surface area contributed by atoms with E-state index in [-0.39, 0.29) is 34.9 Å². The highest BCUT2D eigenvalue weighted by molar-refractivity contribution is 8.26. The summed E-state index contributed by atoms with van der Waals surface area (Å²) in [5.74, 6) is 0.961. The minimum absolute atomic E-state index is 0.00582. The number of nitrogens with zero attached hydrogens (tertiary/aromatic N) is 3. The minimum Gasteiger partial charge on any atom is -0.467 e. The van der Waals surface area contributed by atoms with Crippen molar-refractivity contribution in [2.45, 2.75) is 32.7 Å². The van der Waals surface area contributed by atoms with E-state index in [1.165, 1.54) is 15.4 Å². The zero-order valence-electron chi connectivity index (χ0n) is 19.9. The number of hydrogen-bond donors (Lipinski definition) is 0. The van der Waals surface area contributed by atoms with E-state index < -0.39 is 0 Å². The van der Waals surface area contributed by atoms with Crippen molar-refractivity contribution in [3.05, 3.63) is 99.2 Å². The van der Waals surface area contributed by atoms with E-state index in [0.717, 1.165) is 17.3 Å². The van der Waals surface area contributed by atoms with Crippen molar-refractivity contribution in [3.63, 3.8) is 0 Å². The average molecular weight is 518 g/mol. The number of amides is 1. The number of carbonyl (C=O) groups excluding carboxylic acids is 1. The zero-order valence-corrected chi connectivity index (χ0v) is 21.6. The van der Waals surface area contributed by atoms with Crippen LogP contribution in [-0.4, -0.2) is 24.5 Å². The Bertz CT molecular complexity index is 1550.